The Balaban J connectivity index is 1.35. The van der Waals surface area contributed by atoms with Crippen LogP contribution in [0.5, 0.6) is 0 Å². The highest BCUT2D eigenvalue weighted by Gasteiger charge is 2.26. The molecule has 1 N–H and O–H groups in total. The molecule has 1 aliphatic heterocycles. The molecule has 1 aliphatic rings. The largest absolute Gasteiger partial charge is 0.342 e. The van der Waals surface area contributed by atoms with E-state index < -0.39 is 0 Å². The fraction of sp³-hybridized carbons (Fsp3) is 0.353. The van der Waals surface area contributed by atoms with Crippen molar-refractivity contribution >= 4 is 28.6 Å². The van der Waals surface area contributed by atoms with Gasteiger partial charge in [-0.25, -0.2) is 4.98 Å². The summed E-state index contributed by atoms with van der Waals surface area (Å²) in [4.78, 5) is 20.1. The Labute approximate surface area is 148 Å². The molecule has 3 aromatic rings. The highest BCUT2D eigenvalue weighted by molar-refractivity contribution is 7.13. The smallest absolute Gasteiger partial charge is 0.227 e. The first-order valence-corrected chi connectivity index (χ1v) is 9.87. The van der Waals surface area contributed by atoms with E-state index in [9.17, 15) is 4.79 Å². The summed E-state index contributed by atoms with van der Waals surface area (Å²) in [5.74, 6) is 2.31. The van der Waals surface area contributed by atoms with Gasteiger partial charge in [0.05, 0.1) is 11.3 Å². The number of hydrogen-bond donors (Lipinski definition) is 1. The van der Waals surface area contributed by atoms with Crippen LogP contribution in [0.25, 0.3) is 10.7 Å². The number of nitrogens with one attached hydrogen (secondary N) is 1. The minimum Gasteiger partial charge on any atom is -0.342 e. The van der Waals surface area contributed by atoms with Crippen LogP contribution in [0.2, 0.25) is 0 Å². The maximum absolute atomic E-state index is 12.4. The van der Waals surface area contributed by atoms with Gasteiger partial charge in [-0.3, -0.25) is 9.89 Å². The Kier molecular flexibility index (Phi) is 4.44. The highest BCUT2D eigenvalue weighted by Crippen LogP contribution is 2.28. The van der Waals surface area contributed by atoms with E-state index in [-0.39, 0.29) is 5.91 Å². The van der Waals surface area contributed by atoms with E-state index in [4.69, 9.17) is 0 Å². The number of hydrogen-bond acceptors (Lipinski definition) is 5. The normalized spacial score (nSPS) is 15.8. The predicted molar refractivity (Wildman–Crippen MR) is 96.3 cm³/mol. The summed E-state index contributed by atoms with van der Waals surface area (Å²) in [6, 6.07) is 6.06. The zero-order chi connectivity index (χ0) is 16.4. The van der Waals surface area contributed by atoms with Crippen LogP contribution in [0.1, 0.15) is 30.1 Å². The zero-order valence-electron chi connectivity index (χ0n) is 13.1. The van der Waals surface area contributed by atoms with Crippen LogP contribution in [0.4, 0.5) is 0 Å². The van der Waals surface area contributed by atoms with Gasteiger partial charge in [0.1, 0.15) is 5.82 Å². The number of aromatic nitrogens is 3. The molecule has 0 unspecified atom stereocenters. The number of carbonyl (C=O) groups is 1. The second-order valence-electron chi connectivity index (χ2n) is 5.98. The molecule has 124 valence electrons. The van der Waals surface area contributed by atoms with Gasteiger partial charge < -0.3 is 4.90 Å². The summed E-state index contributed by atoms with van der Waals surface area (Å²) >= 11 is 3.28. The fourth-order valence-electron chi connectivity index (χ4n) is 3.05. The number of piperidine rings is 1. The number of thiophene rings is 2. The topological polar surface area (TPSA) is 61.9 Å². The summed E-state index contributed by atoms with van der Waals surface area (Å²) in [7, 11) is 0. The molecule has 0 bridgehead atoms. The molecule has 1 amide bonds. The van der Waals surface area contributed by atoms with Crippen molar-refractivity contribution < 1.29 is 4.79 Å². The first-order chi connectivity index (χ1) is 11.8. The van der Waals surface area contributed by atoms with Gasteiger partial charge in [0.25, 0.3) is 0 Å². The van der Waals surface area contributed by atoms with E-state index in [2.05, 4.69) is 15.2 Å². The van der Waals surface area contributed by atoms with Gasteiger partial charge in [0.2, 0.25) is 5.91 Å². The van der Waals surface area contributed by atoms with Crippen molar-refractivity contribution in [1.29, 1.82) is 0 Å². The van der Waals surface area contributed by atoms with E-state index in [1.165, 1.54) is 0 Å². The standard InChI is InChI=1S/C17H18N4OS2/c22-15(10-12-5-9-23-11-12)21-6-3-13(4-7-21)16-18-17(20-19-16)14-2-1-8-24-14/h1-2,5,8-9,11,13H,3-4,6-7,10H2,(H,18,19,20). The zero-order valence-corrected chi connectivity index (χ0v) is 14.8. The van der Waals surface area contributed by atoms with Gasteiger partial charge >= 0.3 is 0 Å². The van der Waals surface area contributed by atoms with Crippen LogP contribution in [-0.4, -0.2) is 39.1 Å². The molecule has 3 aromatic heterocycles. The van der Waals surface area contributed by atoms with E-state index in [0.717, 1.165) is 48.0 Å². The Morgan fingerprint density at radius 2 is 2.17 bits per heavy atom. The molecular formula is C17H18N4OS2. The van der Waals surface area contributed by atoms with Crippen molar-refractivity contribution in [2.24, 2.45) is 0 Å². The van der Waals surface area contributed by atoms with Gasteiger partial charge in [-0.2, -0.15) is 16.4 Å². The van der Waals surface area contributed by atoms with Crippen LogP contribution in [-0.2, 0) is 11.2 Å². The molecule has 1 saturated heterocycles. The summed E-state index contributed by atoms with van der Waals surface area (Å²) in [5.41, 5.74) is 1.11. The molecule has 7 heteroatoms. The third-order valence-electron chi connectivity index (χ3n) is 4.41. The number of aromatic amines is 1. The quantitative estimate of drug-likeness (QED) is 0.776. The number of likely N-dealkylation sites (tertiary alicyclic amines) is 1. The van der Waals surface area contributed by atoms with Gasteiger partial charge in [0.15, 0.2) is 5.82 Å². The van der Waals surface area contributed by atoms with Crippen molar-refractivity contribution in [3.63, 3.8) is 0 Å². The van der Waals surface area contributed by atoms with Crippen LogP contribution in [0.3, 0.4) is 0 Å². The number of rotatable bonds is 4. The minimum absolute atomic E-state index is 0.226. The van der Waals surface area contributed by atoms with Crippen molar-refractivity contribution in [3.05, 3.63) is 45.7 Å². The fourth-order valence-corrected chi connectivity index (χ4v) is 4.38. The SMILES string of the molecule is O=C(Cc1ccsc1)N1CCC(c2nc(-c3cccs3)n[nH]2)CC1. The summed E-state index contributed by atoms with van der Waals surface area (Å²) in [5, 5.41) is 13.5. The van der Waals surface area contributed by atoms with Gasteiger partial charge in [0, 0.05) is 19.0 Å². The van der Waals surface area contributed by atoms with Crippen LogP contribution < -0.4 is 0 Å². The molecule has 24 heavy (non-hydrogen) atoms. The van der Waals surface area contributed by atoms with Crippen LogP contribution >= 0.6 is 22.7 Å². The second kappa shape index (κ2) is 6.86. The summed E-state index contributed by atoms with van der Waals surface area (Å²) in [6.45, 7) is 1.59. The summed E-state index contributed by atoms with van der Waals surface area (Å²) < 4.78 is 0. The monoisotopic (exact) mass is 358 g/mol. The van der Waals surface area contributed by atoms with Crippen molar-refractivity contribution in [1.82, 2.24) is 20.1 Å². The van der Waals surface area contributed by atoms with E-state index in [1.54, 1.807) is 22.7 Å². The molecule has 4 heterocycles. The molecule has 5 nitrogen and oxygen atoms in total. The number of nitrogens with zero attached hydrogens (tertiary/aromatic N) is 3. The Morgan fingerprint density at radius 1 is 1.29 bits per heavy atom. The van der Waals surface area contributed by atoms with Crippen LogP contribution in [0.15, 0.2) is 34.3 Å². The molecule has 4 rings (SSSR count). The predicted octanol–water partition coefficient (Wildman–Crippen LogP) is 3.54. The van der Waals surface area contributed by atoms with Gasteiger partial charge in [-0.1, -0.05) is 6.07 Å². The molecular weight excluding hydrogens is 340 g/mol. The van der Waals surface area contributed by atoms with Crippen LogP contribution in [0, 0.1) is 0 Å². The third-order valence-corrected chi connectivity index (χ3v) is 6.01. The van der Waals surface area contributed by atoms with E-state index in [1.807, 2.05) is 39.2 Å². The molecule has 1 fully saturated rings. The average molecular weight is 358 g/mol. The molecule has 0 atom stereocenters. The van der Waals surface area contributed by atoms with Gasteiger partial charge in [-0.15, -0.1) is 11.3 Å². The maximum atomic E-state index is 12.4. The lowest BCUT2D eigenvalue weighted by molar-refractivity contribution is -0.131. The van der Waals surface area contributed by atoms with Gasteiger partial charge in [-0.05, 0) is 46.7 Å². The minimum atomic E-state index is 0.226. The van der Waals surface area contributed by atoms with E-state index >= 15 is 0 Å². The maximum Gasteiger partial charge on any atom is 0.227 e. The third kappa shape index (κ3) is 3.27. The lowest BCUT2D eigenvalue weighted by Gasteiger charge is -2.31. The lowest BCUT2D eigenvalue weighted by atomic mass is 9.96. The number of amides is 1. The molecule has 0 spiro atoms. The molecule has 0 radical (unpaired) electrons. The van der Waals surface area contributed by atoms with Crippen molar-refractivity contribution in [2.45, 2.75) is 25.2 Å². The molecule has 0 aromatic carbocycles. The Bertz CT molecular complexity index is 787. The molecule has 0 saturated carbocycles. The Hall–Kier alpha value is -1.99. The number of carbonyl (C=O) groups excluding carboxylic acids is 1. The van der Waals surface area contributed by atoms with E-state index in [0.29, 0.717) is 12.3 Å². The molecule has 0 aliphatic carbocycles. The van der Waals surface area contributed by atoms with Crippen molar-refractivity contribution in [3.8, 4) is 10.7 Å². The first-order valence-electron chi connectivity index (χ1n) is 8.04. The first kappa shape index (κ1) is 15.5. The summed E-state index contributed by atoms with van der Waals surface area (Å²) in [6.07, 6.45) is 2.39. The Morgan fingerprint density at radius 3 is 2.88 bits per heavy atom. The van der Waals surface area contributed by atoms with Crippen molar-refractivity contribution in [2.75, 3.05) is 13.1 Å². The lowest BCUT2D eigenvalue weighted by Crippen LogP contribution is -2.38. The average Bonchev–Trinajstić information content (AvgIpc) is 3.36. The highest BCUT2D eigenvalue weighted by atomic mass is 32.1. The second-order valence-corrected chi connectivity index (χ2v) is 7.71. The number of H-pyrrole nitrogens is 1.